The minimum absolute atomic E-state index is 0.0267. The molecule has 0 radical (unpaired) electrons. The fourth-order valence-electron chi connectivity index (χ4n) is 2.82. The number of rotatable bonds is 7. The third-order valence-electron chi connectivity index (χ3n) is 3.93. The van der Waals surface area contributed by atoms with Crippen molar-refractivity contribution in [3.8, 4) is 0 Å². The Hall–Kier alpha value is -1.67. The van der Waals surface area contributed by atoms with E-state index < -0.39 is 5.76 Å². The molecule has 0 spiro atoms. The molecule has 130 valence electrons. The molecule has 24 heavy (non-hydrogen) atoms. The number of halogens is 2. The predicted molar refractivity (Wildman–Crippen MR) is 88.2 cm³/mol. The number of carbonyl (C=O) groups excluding carboxylic acids is 1. The summed E-state index contributed by atoms with van der Waals surface area (Å²) >= 11 is 0.356. The highest BCUT2D eigenvalue weighted by atomic mass is 32.2. The highest BCUT2D eigenvalue weighted by molar-refractivity contribution is 7.99. The molecule has 1 N–H and O–H groups in total. The molecule has 1 saturated heterocycles. The molecule has 2 aromatic rings. The Morgan fingerprint density at radius 2 is 2.29 bits per heavy atom. The lowest BCUT2D eigenvalue weighted by Crippen LogP contribution is -2.30. The number of aromatic nitrogens is 2. The minimum atomic E-state index is -2.58. The number of fused-ring (bicyclic) bond motifs is 1. The summed E-state index contributed by atoms with van der Waals surface area (Å²) in [5, 5.41) is 2.98. The third-order valence-corrected chi connectivity index (χ3v) is 4.63. The Kier molecular flexibility index (Phi) is 5.68. The van der Waals surface area contributed by atoms with Gasteiger partial charge in [0.15, 0.2) is 5.16 Å². The molecule has 1 aromatic heterocycles. The lowest BCUT2D eigenvalue weighted by molar-refractivity contribution is -0.121. The zero-order valence-electron chi connectivity index (χ0n) is 13.1. The second kappa shape index (κ2) is 7.94. The van der Waals surface area contributed by atoms with Gasteiger partial charge < -0.3 is 14.6 Å². The van der Waals surface area contributed by atoms with Crippen LogP contribution >= 0.6 is 11.8 Å². The standard InChI is InChI=1S/C16H19F2N3O2S/c17-15(18)24-16-20-12-5-1-2-6-13(12)21(16)10-14(22)19-8-7-11-4-3-9-23-11/h1-2,5-6,11,15H,3-4,7-10H2,(H,19,22). The van der Waals surface area contributed by atoms with Crippen LogP contribution in [-0.4, -0.2) is 40.5 Å². The number of carbonyl (C=O) groups is 1. The van der Waals surface area contributed by atoms with Crippen LogP contribution in [0.2, 0.25) is 0 Å². The van der Waals surface area contributed by atoms with Crippen LogP contribution in [0, 0.1) is 0 Å². The largest absolute Gasteiger partial charge is 0.378 e. The number of thioether (sulfide) groups is 1. The summed E-state index contributed by atoms with van der Waals surface area (Å²) in [5.41, 5.74) is 1.28. The van der Waals surface area contributed by atoms with Crippen LogP contribution in [0.3, 0.4) is 0 Å². The maximum absolute atomic E-state index is 12.7. The van der Waals surface area contributed by atoms with Gasteiger partial charge in [-0.15, -0.1) is 0 Å². The van der Waals surface area contributed by atoms with E-state index in [9.17, 15) is 13.6 Å². The number of para-hydroxylation sites is 2. The van der Waals surface area contributed by atoms with Gasteiger partial charge in [-0.05, 0) is 43.2 Å². The number of ether oxygens (including phenoxy) is 1. The van der Waals surface area contributed by atoms with Crippen LogP contribution in [0.15, 0.2) is 29.4 Å². The predicted octanol–water partition coefficient (Wildman–Crippen LogP) is 3.04. The molecule has 3 rings (SSSR count). The summed E-state index contributed by atoms with van der Waals surface area (Å²) < 4.78 is 32.5. The molecular weight excluding hydrogens is 336 g/mol. The fourth-order valence-corrected chi connectivity index (χ4v) is 3.42. The smallest absolute Gasteiger partial charge is 0.291 e. The molecule has 5 nitrogen and oxygen atoms in total. The molecule has 1 unspecified atom stereocenters. The first-order chi connectivity index (χ1) is 11.6. The van der Waals surface area contributed by atoms with Gasteiger partial charge in [-0.3, -0.25) is 4.79 Å². The average molecular weight is 355 g/mol. The van der Waals surface area contributed by atoms with Gasteiger partial charge in [0.25, 0.3) is 5.76 Å². The van der Waals surface area contributed by atoms with Crippen LogP contribution in [0.5, 0.6) is 0 Å². The lowest BCUT2D eigenvalue weighted by Gasteiger charge is -2.12. The van der Waals surface area contributed by atoms with Crippen molar-refractivity contribution in [2.75, 3.05) is 13.2 Å². The molecule has 0 saturated carbocycles. The molecule has 1 aliphatic heterocycles. The molecule has 1 amide bonds. The molecule has 1 fully saturated rings. The highest BCUT2D eigenvalue weighted by Gasteiger charge is 2.18. The molecule has 1 aliphatic rings. The van der Waals surface area contributed by atoms with Crippen molar-refractivity contribution in [2.24, 2.45) is 0 Å². The van der Waals surface area contributed by atoms with Gasteiger partial charge in [-0.25, -0.2) is 4.98 Å². The summed E-state index contributed by atoms with van der Waals surface area (Å²) in [5.74, 6) is -2.80. The third kappa shape index (κ3) is 4.24. The van der Waals surface area contributed by atoms with Crippen LogP contribution in [-0.2, 0) is 16.1 Å². The summed E-state index contributed by atoms with van der Waals surface area (Å²) in [4.78, 5) is 16.4. The maximum Gasteiger partial charge on any atom is 0.291 e. The van der Waals surface area contributed by atoms with E-state index in [4.69, 9.17) is 4.74 Å². The summed E-state index contributed by atoms with van der Waals surface area (Å²) in [6.07, 6.45) is 3.07. The van der Waals surface area contributed by atoms with E-state index in [2.05, 4.69) is 10.3 Å². The van der Waals surface area contributed by atoms with Gasteiger partial charge in [-0.2, -0.15) is 8.78 Å². The first kappa shape index (κ1) is 17.2. The zero-order chi connectivity index (χ0) is 16.9. The fraction of sp³-hybridized carbons (Fsp3) is 0.500. The van der Waals surface area contributed by atoms with Crippen LogP contribution < -0.4 is 5.32 Å². The molecular formula is C16H19F2N3O2S. The topological polar surface area (TPSA) is 56.2 Å². The molecule has 2 heterocycles. The summed E-state index contributed by atoms with van der Waals surface area (Å²) in [6.45, 7) is 1.28. The minimum Gasteiger partial charge on any atom is -0.378 e. The second-order valence-electron chi connectivity index (χ2n) is 5.62. The van der Waals surface area contributed by atoms with Gasteiger partial charge in [0.1, 0.15) is 6.54 Å². The monoisotopic (exact) mass is 355 g/mol. The van der Waals surface area contributed by atoms with E-state index in [0.717, 1.165) is 25.9 Å². The quantitative estimate of drug-likeness (QED) is 0.776. The highest BCUT2D eigenvalue weighted by Crippen LogP contribution is 2.28. The molecule has 8 heteroatoms. The SMILES string of the molecule is O=C(Cn1c(SC(F)F)nc2ccccc21)NCCC1CCCO1. The van der Waals surface area contributed by atoms with E-state index in [1.165, 1.54) is 4.57 Å². The Balaban J connectivity index is 1.65. The van der Waals surface area contributed by atoms with Crippen molar-refractivity contribution in [1.82, 2.24) is 14.9 Å². The number of hydrogen-bond donors (Lipinski definition) is 1. The van der Waals surface area contributed by atoms with Crippen LogP contribution in [0.1, 0.15) is 19.3 Å². The second-order valence-corrected chi connectivity index (χ2v) is 6.58. The number of alkyl halides is 2. The molecule has 1 aromatic carbocycles. The Morgan fingerprint density at radius 1 is 1.46 bits per heavy atom. The number of hydrogen-bond acceptors (Lipinski definition) is 4. The van der Waals surface area contributed by atoms with Gasteiger partial charge in [0.2, 0.25) is 5.91 Å². The molecule has 0 bridgehead atoms. The summed E-state index contributed by atoms with van der Waals surface area (Å²) in [6, 6.07) is 7.11. The van der Waals surface area contributed by atoms with Crippen LogP contribution in [0.4, 0.5) is 8.78 Å². The van der Waals surface area contributed by atoms with Gasteiger partial charge in [0, 0.05) is 13.2 Å². The van der Waals surface area contributed by atoms with Gasteiger partial charge in [-0.1, -0.05) is 12.1 Å². The lowest BCUT2D eigenvalue weighted by atomic mass is 10.2. The van der Waals surface area contributed by atoms with Crippen molar-refractivity contribution in [2.45, 2.75) is 42.8 Å². The van der Waals surface area contributed by atoms with Gasteiger partial charge in [0.05, 0.1) is 17.1 Å². The number of nitrogens with one attached hydrogen (secondary N) is 1. The van der Waals surface area contributed by atoms with Gasteiger partial charge >= 0.3 is 0 Å². The van der Waals surface area contributed by atoms with Crippen molar-refractivity contribution in [3.05, 3.63) is 24.3 Å². The summed E-state index contributed by atoms with van der Waals surface area (Å²) in [7, 11) is 0. The van der Waals surface area contributed by atoms with Crippen molar-refractivity contribution >= 4 is 28.7 Å². The van der Waals surface area contributed by atoms with Crippen molar-refractivity contribution in [3.63, 3.8) is 0 Å². The Bertz CT molecular complexity index is 702. The number of benzene rings is 1. The Morgan fingerprint density at radius 3 is 3.04 bits per heavy atom. The van der Waals surface area contributed by atoms with Crippen LogP contribution in [0.25, 0.3) is 11.0 Å². The van der Waals surface area contributed by atoms with E-state index in [0.29, 0.717) is 29.3 Å². The van der Waals surface area contributed by atoms with E-state index >= 15 is 0 Å². The number of imidazole rings is 1. The van der Waals surface area contributed by atoms with Crippen molar-refractivity contribution in [1.29, 1.82) is 0 Å². The Labute approximate surface area is 142 Å². The normalized spacial score (nSPS) is 17.7. The van der Waals surface area contributed by atoms with E-state index in [1.807, 2.05) is 0 Å². The first-order valence-electron chi connectivity index (χ1n) is 7.92. The average Bonchev–Trinajstić information content (AvgIpc) is 3.16. The van der Waals surface area contributed by atoms with Crippen molar-refractivity contribution < 1.29 is 18.3 Å². The first-order valence-corrected chi connectivity index (χ1v) is 8.80. The maximum atomic E-state index is 12.7. The molecule has 1 atom stereocenters. The van der Waals surface area contributed by atoms with E-state index in [1.54, 1.807) is 24.3 Å². The van der Waals surface area contributed by atoms with E-state index in [-0.39, 0.29) is 23.7 Å². The zero-order valence-corrected chi connectivity index (χ0v) is 13.9. The number of nitrogens with zero attached hydrogens (tertiary/aromatic N) is 2. The number of amides is 1. The molecule has 0 aliphatic carbocycles.